The summed E-state index contributed by atoms with van der Waals surface area (Å²) in [5.74, 6) is -1.48. The van der Waals surface area contributed by atoms with Crippen molar-refractivity contribution in [1.82, 2.24) is 10.3 Å². The molecule has 0 atom stereocenters. The second kappa shape index (κ2) is 6.80. The number of nitrogens with one attached hydrogen (secondary N) is 1. The summed E-state index contributed by atoms with van der Waals surface area (Å²) in [4.78, 5) is 15.4. The maximum Gasteiger partial charge on any atom is 0.253 e. The van der Waals surface area contributed by atoms with Crippen LogP contribution >= 0.6 is 12.4 Å². The molecular formula is C13H11ClF2N2O. The number of benzene rings is 1. The van der Waals surface area contributed by atoms with Gasteiger partial charge in [0.1, 0.15) is 11.6 Å². The van der Waals surface area contributed by atoms with E-state index in [2.05, 4.69) is 10.3 Å². The van der Waals surface area contributed by atoms with Gasteiger partial charge in [-0.05, 0) is 30.3 Å². The highest BCUT2D eigenvalue weighted by Crippen LogP contribution is 2.09. The van der Waals surface area contributed by atoms with Crippen molar-refractivity contribution in [3.8, 4) is 0 Å². The molecule has 0 unspecified atom stereocenters. The molecule has 0 aliphatic heterocycles. The number of halogens is 3. The Balaban J connectivity index is 0.00000180. The monoisotopic (exact) mass is 284 g/mol. The smallest absolute Gasteiger partial charge is 0.253 e. The van der Waals surface area contributed by atoms with Crippen molar-refractivity contribution >= 4 is 18.3 Å². The fraction of sp³-hybridized carbons (Fsp3) is 0.0769. The van der Waals surface area contributed by atoms with Gasteiger partial charge < -0.3 is 5.32 Å². The minimum atomic E-state index is -0.553. The molecule has 1 N–H and O–H groups in total. The summed E-state index contributed by atoms with van der Waals surface area (Å²) in [5, 5.41) is 2.50. The van der Waals surface area contributed by atoms with E-state index < -0.39 is 11.6 Å². The zero-order chi connectivity index (χ0) is 13.0. The lowest BCUT2D eigenvalue weighted by molar-refractivity contribution is 0.0950. The molecule has 0 aliphatic rings. The molecule has 6 heteroatoms. The molecule has 0 radical (unpaired) electrons. The van der Waals surface area contributed by atoms with E-state index in [9.17, 15) is 13.6 Å². The number of carbonyl (C=O) groups is 1. The van der Waals surface area contributed by atoms with Crippen LogP contribution in [0.2, 0.25) is 0 Å². The lowest BCUT2D eigenvalue weighted by Crippen LogP contribution is -2.23. The maximum absolute atomic E-state index is 13.3. The highest BCUT2D eigenvalue weighted by molar-refractivity contribution is 5.93. The van der Waals surface area contributed by atoms with Gasteiger partial charge in [0.15, 0.2) is 0 Å². The van der Waals surface area contributed by atoms with Gasteiger partial charge in [-0.2, -0.15) is 0 Å². The van der Waals surface area contributed by atoms with Crippen molar-refractivity contribution in [2.75, 3.05) is 0 Å². The molecule has 1 amide bonds. The van der Waals surface area contributed by atoms with Gasteiger partial charge in [-0.1, -0.05) is 0 Å². The summed E-state index contributed by atoms with van der Waals surface area (Å²) >= 11 is 0. The van der Waals surface area contributed by atoms with Crippen LogP contribution in [-0.4, -0.2) is 10.9 Å². The van der Waals surface area contributed by atoms with Gasteiger partial charge in [0.25, 0.3) is 5.91 Å². The Hall–Kier alpha value is -2.01. The zero-order valence-electron chi connectivity index (χ0n) is 9.77. The molecule has 3 nitrogen and oxygen atoms in total. The van der Waals surface area contributed by atoms with Crippen molar-refractivity contribution in [2.24, 2.45) is 0 Å². The Morgan fingerprint density at radius 1 is 1.26 bits per heavy atom. The van der Waals surface area contributed by atoms with Crippen molar-refractivity contribution in [1.29, 1.82) is 0 Å². The molecule has 1 aromatic heterocycles. The summed E-state index contributed by atoms with van der Waals surface area (Å²) in [5.41, 5.74) is 0.474. The molecule has 2 rings (SSSR count). The number of hydrogen-bond acceptors (Lipinski definition) is 2. The van der Waals surface area contributed by atoms with Crippen LogP contribution in [0.1, 0.15) is 15.9 Å². The zero-order valence-corrected chi connectivity index (χ0v) is 10.6. The lowest BCUT2D eigenvalue weighted by atomic mass is 10.2. The van der Waals surface area contributed by atoms with Crippen molar-refractivity contribution in [2.45, 2.75) is 6.54 Å². The number of nitrogens with zero attached hydrogens (tertiary/aromatic N) is 1. The van der Waals surface area contributed by atoms with E-state index in [-0.39, 0.29) is 30.4 Å². The standard InChI is InChI=1S/C13H10F2N2O.ClH/c14-11-3-4-12(15)10(6-11)8-17-13(18)9-2-1-5-16-7-9;/h1-7H,8H2,(H,17,18);1H. The first-order chi connectivity index (χ1) is 8.66. The summed E-state index contributed by atoms with van der Waals surface area (Å²) in [6.07, 6.45) is 2.94. The molecule has 0 spiro atoms. The normalized spacial score (nSPS) is 9.58. The van der Waals surface area contributed by atoms with E-state index in [1.54, 1.807) is 18.3 Å². The van der Waals surface area contributed by atoms with Gasteiger partial charge in [-0.15, -0.1) is 12.4 Å². The number of hydrogen-bond donors (Lipinski definition) is 1. The Kier molecular flexibility index (Phi) is 5.38. The summed E-state index contributed by atoms with van der Waals surface area (Å²) < 4.78 is 26.2. The molecule has 0 bridgehead atoms. The topological polar surface area (TPSA) is 42.0 Å². The summed E-state index contributed by atoms with van der Waals surface area (Å²) in [7, 11) is 0. The Labute approximate surface area is 115 Å². The number of pyridine rings is 1. The van der Waals surface area contributed by atoms with E-state index in [0.717, 1.165) is 18.2 Å². The largest absolute Gasteiger partial charge is 0.348 e. The molecule has 0 saturated carbocycles. The van der Waals surface area contributed by atoms with Crippen LogP contribution in [0.4, 0.5) is 8.78 Å². The van der Waals surface area contributed by atoms with Crippen molar-refractivity contribution in [3.05, 3.63) is 65.5 Å². The van der Waals surface area contributed by atoms with Gasteiger partial charge in [0.05, 0.1) is 5.56 Å². The van der Waals surface area contributed by atoms with E-state index in [1.807, 2.05) is 0 Å². The highest BCUT2D eigenvalue weighted by Gasteiger charge is 2.08. The van der Waals surface area contributed by atoms with E-state index in [4.69, 9.17) is 0 Å². The first-order valence-corrected chi connectivity index (χ1v) is 5.29. The fourth-order valence-corrected chi connectivity index (χ4v) is 1.45. The summed E-state index contributed by atoms with van der Waals surface area (Å²) in [6, 6.07) is 6.32. The number of amides is 1. The first-order valence-electron chi connectivity index (χ1n) is 5.29. The van der Waals surface area contributed by atoms with E-state index in [0.29, 0.717) is 5.56 Å². The maximum atomic E-state index is 13.3. The van der Waals surface area contributed by atoms with Crippen LogP contribution in [0.3, 0.4) is 0 Å². The number of carbonyl (C=O) groups excluding carboxylic acids is 1. The van der Waals surface area contributed by atoms with E-state index >= 15 is 0 Å². The average molecular weight is 285 g/mol. The SMILES string of the molecule is Cl.O=C(NCc1cc(F)ccc1F)c1cccnc1. The fourth-order valence-electron chi connectivity index (χ4n) is 1.45. The Morgan fingerprint density at radius 3 is 2.74 bits per heavy atom. The van der Waals surface area contributed by atoms with Crippen molar-refractivity contribution < 1.29 is 13.6 Å². The molecule has 2 aromatic rings. The van der Waals surface area contributed by atoms with Crippen LogP contribution in [0.5, 0.6) is 0 Å². The molecule has 0 fully saturated rings. The molecule has 1 aromatic carbocycles. The highest BCUT2D eigenvalue weighted by atomic mass is 35.5. The average Bonchev–Trinajstić information content (AvgIpc) is 2.40. The molecule has 100 valence electrons. The lowest BCUT2D eigenvalue weighted by Gasteiger charge is -2.06. The molecule has 0 aliphatic carbocycles. The van der Waals surface area contributed by atoms with Crippen LogP contribution in [0, 0.1) is 11.6 Å². The minimum Gasteiger partial charge on any atom is -0.348 e. The van der Waals surface area contributed by atoms with Crippen molar-refractivity contribution in [3.63, 3.8) is 0 Å². The second-order valence-corrected chi connectivity index (χ2v) is 3.66. The van der Waals surface area contributed by atoms with Gasteiger partial charge in [0, 0.05) is 24.5 Å². The number of rotatable bonds is 3. The van der Waals surface area contributed by atoms with Gasteiger partial charge in [-0.3, -0.25) is 9.78 Å². The van der Waals surface area contributed by atoms with Crippen LogP contribution in [-0.2, 0) is 6.54 Å². The van der Waals surface area contributed by atoms with Crippen LogP contribution in [0.25, 0.3) is 0 Å². The Morgan fingerprint density at radius 2 is 2.05 bits per heavy atom. The molecular weight excluding hydrogens is 274 g/mol. The predicted octanol–water partition coefficient (Wildman–Crippen LogP) is 2.71. The number of aromatic nitrogens is 1. The molecule has 19 heavy (non-hydrogen) atoms. The quantitative estimate of drug-likeness (QED) is 0.942. The van der Waals surface area contributed by atoms with Crippen LogP contribution in [0.15, 0.2) is 42.7 Å². The third-order valence-electron chi connectivity index (χ3n) is 2.37. The first kappa shape index (κ1) is 15.0. The third kappa shape index (κ3) is 3.99. The molecule has 1 heterocycles. The van der Waals surface area contributed by atoms with Gasteiger partial charge in [0.2, 0.25) is 0 Å². The van der Waals surface area contributed by atoms with Gasteiger partial charge in [-0.25, -0.2) is 8.78 Å². The second-order valence-electron chi connectivity index (χ2n) is 3.66. The summed E-state index contributed by atoms with van der Waals surface area (Å²) in [6.45, 7) is -0.0721. The Bertz CT molecular complexity index is 564. The van der Waals surface area contributed by atoms with E-state index in [1.165, 1.54) is 6.20 Å². The minimum absolute atomic E-state index is 0. The van der Waals surface area contributed by atoms with Gasteiger partial charge >= 0.3 is 0 Å². The predicted molar refractivity (Wildman–Crippen MR) is 69.0 cm³/mol. The third-order valence-corrected chi connectivity index (χ3v) is 2.37. The molecule has 0 saturated heterocycles. The van der Waals surface area contributed by atoms with Crippen LogP contribution < -0.4 is 5.32 Å².